The Hall–Kier alpha value is -5.86. The third kappa shape index (κ3) is 7.04. The quantitative estimate of drug-likeness (QED) is 0.142. The Labute approximate surface area is 260 Å². The fourth-order valence-corrected chi connectivity index (χ4v) is 5.90. The molecule has 0 aliphatic rings. The summed E-state index contributed by atoms with van der Waals surface area (Å²) in [6.07, 6.45) is 0. The molecule has 0 heterocycles. The molecule has 6 aromatic rings. The van der Waals surface area contributed by atoms with Crippen molar-refractivity contribution in [1.82, 2.24) is 0 Å². The molecule has 0 radical (unpaired) electrons. The van der Waals surface area contributed by atoms with Crippen LogP contribution in [0.25, 0.3) is 22.3 Å². The highest BCUT2D eigenvalue weighted by Gasteiger charge is 2.21. The average Bonchev–Trinajstić information content (AvgIpc) is 3.06. The molecule has 45 heavy (non-hydrogen) atoms. The van der Waals surface area contributed by atoms with Crippen LogP contribution in [-0.4, -0.2) is 34.6 Å². The largest absolute Gasteiger partial charge is 0.508 e. The van der Waals surface area contributed by atoms with E-state index in [0.717, 1.165) is 11.1 Å². The lowest BCUT2D eigenvalue weighted by Crippen LogP contribution is -2.02. The monoisotopic (exact) mass is 616 g/mol. The molecular weight excluding hydrogens is 588 g/mol. The number of phenolic OH excluding ortho intramolecular Hbond substituents is 4. The number of hydrogen-bond acceptors (Lipinski definition) is 7. The topological polar surface area (TPSA) is 132 Å². The molecule has 6 rings (SSSR count). The van der Waals surface area contributed by atoms with E-state index in [2.05, 4.69) is 0 Å². The van der Waals surface area contributed by atoms with E-state index in [1.54, 1.807) is 48.5 Å². The number of sulfone groups is 1. The first-order chi connectivity index (χ1) is 21.6. The lowest BCUT2D eigenvalue weighted by Gasteiger charge is -2.11. The van der Waals surface area contributed by atoms with Crippen molar-refractivity contribution in [3.05, 3.63) is 157 Å². The van der Waals surface area contributed by atoms with Crippen LogP contribution in [0.3, 0.4) is 0 Å². The summed E-state index contributed by atoms with van der Waals surface area (Å²) in [5, 5.41) is 38.7. The van der Waals surface area contributed by atoms with Crippen LogP contribution in [0.4, 0.5) is 0 Å². The molecule has 224 valence electrons. The minimum absolute atomic E-state index is 0.00540. The van der Waals surface area contributed by atoms with E-state index in [1.165, 1.54) is 60.7 Å². The van der Waals surface area contributed by atoms with Crippen molar-refractivity contribution in [2.75, 3.05) is 0 Å². The molecule has 8 heteroatoms. The van der Waals surface area contributed by atoms with Crippen molar-refractivity contribution >= 4 is 15.6 Å². The van der Waals surface area contributed by atoms with Gasteiger partial charge < -0.3 is 20.4 Å². The molecule has 0 saturated carbocycles. The van der Waals surface area contributed by atoms with Crippen molar-refractivity contribution in [3.63, 3.8) is 0 Å². The van der Waals surface area contributed by atoms with Crippen molar-refractivity contribution in [1.29, 1.82) is 0 Å². The minimum atomic E-state index is -3.86. The van der Waals surface area contributed by atoms with E-state index in [1.807, 2.05) is 36.4 Å². The molecule has 0 amide bonds. The Morgan fingerprint density at radius 2 is 0.800 bits per heavy atom. The van der Waals surface area contributed by atoms with Gasteiger partial charge in [-0.3, -0.25) is 4.79 Å². The van der Waals surface area contributed by atoms with Gasteiger partial charge in [-0.1, -0.05) is 60.7 Å². The first kappa shape index (κ1) is 30.6. The smallest absolute Gasteiger partial charge is 0.206 e. The Kier molecular flexibility index (Phi) is 8.97. The van der Waals surface area contributed by atoms with Crippen LogP contribution in [0.2, 0.25) is 0 Å². The fraction of sp³-hybridized carbons (Fsp3) is 0. The number of aromatic hydroxyl groups is 4. The number of carbonyl (C=O) groups excluding carboxylic acids is 1. The maximum atomic E-state index is 13.3. The van der Waals surface area contributed by atoms with Gasteiger partial charge in [0, 0.05) is 22.3 Å². The van der Waals surface area contributed by atoms with Crippen molar-refractivity contribution in [3.8, 4) is 45.3 Å². The van der Waals surface area contributed by atoms with Crippen molar-refractivity contribution < 1.29 is 33.6 Å². The van der Waals surface area contributed by atoms with Crippen LogP contribution in [-0.2, 0) is 9.84 Å². The Morgan fingerprint density at radius 3 is 1.16 bits per heavy atom. The lowest BCUT2D eigenvalue weighted by molar-refractivity contribution is 0.103. The third-order valence-corrected chi connectivity index (χ3v) is 8.73. The number of phenols is 4. The molecule has 0 atom stereocenters. The van der Waals surface area contributed by atoms with Gasteiger partial charge in [0.15, 0.2) is 5.78 Å². The normalized spacial score (nSPS) is 10.8. The average molecular weight is 617 g/mol. The second-order valence-electron chi connectivity index (χ2n) is 10.0. The zero-order chi connectivity index (χ0) is 32.0. The van der Waals surface area contributed by atoms with Gasteiger partial charge in [0.05, 0.1) is 9.79 Å². The first-order valence-electron chi connectivity index (χ1n) is 13.8. The molecule has 6 aromatic carbocycles. The number of rotatable bonds is 6. The zero-order valence-electron chi connectivity index (χ0n) is 23.8. The Balaban J connectivity index is 0.000000211. The number of carbonyl (C=O) groups is 1. The predicted molar refractivity (Wildman–Crippen MR) is 172 cm³/mol. The van der Waals surface area contributed by atoms with Gasteiger partial charge in [0.2, 0.25) is 9.84 Å². The molecule has 0 fully saturated rings. The molecule has 0 unspecified atom stereocenters. The molecule has 0 saturated heterocycles. The van der Waals surface area contributed by atoms with Gasteiger partial charge in [-0.05, 0) is 96.1 Å². The third-order valence-electron chi connectivity index (χ3n) is 6.99. The van der Waals surface area contributed by atoms with Gasteiger partial charge in [0.1, 0.15) is 23.0 Å². The number of ketones is 1. The van der Waals surface area contributed by atoms with E-state index in [4.69, 9.17) is 10.2 Å². The number of benzene rings is 6. The molecule has 0 aliphatic carbocycles. The van der Waals surface area contributed by atoms with Crippen LogP contribution in [0.1, 0.15) is 15.9 Å². The van der Waals surface area contributed by atoms with Gasteiger partial charge in [-0.2, -0.15) is 0 Å². The summed E-state index contributed by atoms with van der Waals surface area (Å²) >= 11 is 0. The van der Waals surface area contributed by atoms with Crippen LogP contribution in [0, 0.1) is 0 Å². The van der Waals surface area contributed by atoms with Crippen LogP contribution in [0.15, 0.2) is 155 Å². The second kappa shape index (κ2) is 13.2. The molecule has 0 aromatic heterocycles. The fourth-order valence-electron chi connectivity index (χ4n) is 4.59. The lowest BCUT2D eigenvalue weighted by atomic mass is 10.0. The molecule has 4 N–H and O–H groups in total. The molecule has 7 nitrogen and oxygen atoms in total. The van der Waals surface area contributed by atoms with Crippen LogP contribution >= 0.6 is 0 Å². The summed E-state index contributed by atoms with van der Waals surface area (Å²) in [5.74, 6) is 0.126. The highest BCUT2D eigenvalue weighted by molar-refractivity contribution is 7.91. The van der Waals surface area contributed by atoms with Gasteiger partial charge in [0.25, 0.3) is 0 Å². The summed E-state index contributed by atoms with van der Waals surface area (Å²) in [5.41, 5.74) is 3.32. The van der Waals surface area contributed by atoms with E-state index < -0.39 is 9.84 Å². The van der Waals surface area contributed by atoms with E-state index in [9.17, 15) is 23.4 Å². The molecule has 0 aliphatic heterocycles. The Morgan fingerprint density at radius 1 is 0.444 bits per heavy atom. The van der Waals surface area contributed by atoms with Crippen LogP contribution in [0.5, 0.6) is 23.0 Å². The highest BCUT2D eigenvalue weighted by Crippen LogP contribution is 2.36. The maximum absolute atomic E-state index is 13.3. The van der Waals surface area contributed by atoms with Gasteiger partial charge in [-0.25, -0.2) is 8.42 Å². The van der Waals surface area contributed by atoms with Gasteiger partial charge in [-0.15, -0.1) is 0 Å². The van der Waals surface area contributed by atoms with Crippen LogP contribution < -0.4 is 0 Å². The first-order valence-corrected chi connectivity index (χ1v) is 15.3. The van der Waals surface area contributed by atoms with Crippen molar-refractivity contribution in [2.24, 2.45) is 0 Å². The highest BCUT2D eigenvalue weighted by atomic mass is 32.2. The van der Waals surface area contributed by atoms with Crippen molar-refractivity contribution in [2.45, 2.75) is 9.79 Å². The van der Waals surface area contributed by atoms with Gasteiger partial charge >= 0.3 is 0 Å². The van der Waals surface area contributed by atoms with E-state index in [0.29, 0.717) is 22.3 Å². The Bertz CT molecular complexity index is 1900. The molecule has 0 spiro atoms. The number of hydrogen-bond donors (Lipinski definition) is 4. The predicted octanol–water partition coefficient (Wildman–Crippen LogP) is 7.59. The minimum Gasteiger partial charge on any atom is -0.508 e. The second-order valence-corrected chi connectivity index (χ2v) is 12.0. The molecule has 0 bridgehead atoms. The molecular formula is C37H28O7S. The summed E-state index contributed by atoms with van der Waals surface area (Å²) in [4.78, 5) is 12.0. The SMILES string of the molecule is O=C(c1ccc(O)cc1)c1ccc(O)cc1.O=S(=O)(c1ccc(O)c(-c2ccccc2)c1)c1ccc(O)c(-c2ccccc2)c1. The summed E-state index contributed by atoms with van der Waals surface area (Å²) < 4.78 is 26.5. The summed E-state index contributed by atoms with van der Waals surface area (Å²) in [7, 11) is -3.86. The van der Waals surface area contributed by atoms with E-state index in [-0.39, 0.29) is 38.6 Å². The summed E-state index contributed by atoms with van der Waals surface area (Å²) in [6.45, 7) is 0. The standard InChI is InChI=1S/C24H18O4S.C13H10O3/c25-23-13-11-19(15-21(23)17-7-3-1-4-8-17)29(27,28)20-12-14-24(26)22(16-20)18-9-5-2-6-10-18;14-11-5-1-9(2-6-11)13(16)10-3-7-12(15)8-4-10/h1-16,25-26H;1-8,14-15H. The van der Waals surface area contributed by atoms with E-state index >= 15 is 0 Å². The maximum Gasteiger partial charge on any atom is 0.206 e. The summed E-state index contributed by atoms with van der Waals surface area (Å²) in [6, 6.07) is 38.8. The zero-order valence-corrected chi connectivity index (χ0v) is 24.6.